The maximum absolute atomic E-state index is 12.8. The molecule has 1 aromatic heterocycles. The molecule has 0 saturated carbocycles. The summed E-state index contributed by atoms with van der Waals surface area (Å²) in [5, 5.41) is 12.5. The Morgan fingerprint density at radius 3 is 2.59 bits per heavy atom. The summed E-state index contributed by atoms with van der Waals surface area (Å²) in [5.74, 6) is 0.312. The summed E-state index contributed by atoms with van der Waals surface area (Å²) in [6, 6.07) is 16.2. The fraction of sp³-hybridized carbons (Fsp3) is 0.273. The Morgan fingerprint density at radius 2 is 1.86 bits per heavy atom. The zero-order valence-electron chi connectivity index (χ0n) is 17.0. The molecule has 0 saturated heterocycles. The highest BCUT2D eigenvalue weighted by atomic mass is 32.2. The Morgan fingerprint density at radius 1 is 1.14 bits per heavy atom. The number of ketones is 1. The Balaban J connectivity index is 1.51. The normalized spacial score (nSPS) is 16.3. The van der Waals surface area contributed by atoms with Crippen LogP contribution in [0.4, 0.5) is 5.69 Å². The molecule has 0 unspecified atom stereocenters. The van der Waals surface area contributed by atoms with Crippen molar-refractivity contribution in [2.45, 2.75) is 31.3 Å². The summed E-state index contributed by atoms with van der Waals surface area (Å²) in [7, 11) is 2.01. The molecule has 148 valence electrons. The standard InChI is InChI=1S/C22H23N5OS/c1-15-9-11-16(12-10-15)27-21(23-24-25-27)29-14-17(28)13-20-22(2,3)18-7-5-6-8-19(18)26(20)4/h5-13H,14H2,1-4H3/b20-13+. The van der Waals surface area contributed by atoms with Gasteiger partial charge in [-0.25, -0.2) is 0 Å². The summed E-state index contributed by atoms with van der Waals surface area (Å²) in [5.41, 5.74) is 5.21. The minimum absolute atomic E-state index is 0.0381. The first kappa shape index (κ1) is 19.4. The van der Waals surface area contributed by atoms with E-state index in [1.165, 1.54) is 22.9 Å². The van der Waals surface area contributed by atoms with Gasteiger partial charge in [0.05, 0.1) is 11.4 Å². The number of nitrogens with zero attached hydrogens (tertiary/aromatic N) is 5. The zero-order chi connectivity index (χ0) is 20.6. The number of carbonyl (C=O) groups is 1. The second-order valence-corrected chi connectivity index (χ2v) is 8.64. The number of aromatic nitrogens is 4. The number of allylic oxidation sites excluding steroid dienone is 2. The summed E-state index contributed by atoms with van der Waals surface area (Å²) < 4.78 is 1.66. The van der Waals surface area contributed by atoms with Gasteiger partial charge >= 0.3 is 0 Å². The van der Waals surface area contributed by atoms with Gasteiger partial charge in [0.15, 0.2) is 5.78 Å². The van der Waals surface area contributed by atoms with Crippen molar-refractivity contribution >= 4 is 23.2 Å². The van der Waals surface area contributed by atoms with Crippen molar-refractivity contribution in [3.8, 4) is 5.69 Å². The number of thioether (sulfide) groups is 1. The lowest BCUT2D eigenvalue weighted by molar-refractivity contribution is -0.112. The third-order valence-electron chi connectivity index (χ3n) is 5.30. The molecular formula is C22H23N5OS. The van der Waals surface area contributed by atoms with E-state index in [2.05, 4.69) is 46.4 Å². The lowest BCUT2D eigenvalue weighted by Gasteiger charge is -2.23. The monoisotopic (exact) mass is 405 g/mol. The Hall–Kier alpha value is -2.93. The number of benzene rings is 2. The molecule has 0 radical (unpaired) electrons. The molecule has 29 heavy (non-hydrogen) atoms. The molecule has 2 aromatic carbocycles. The minimum Gasteiger partial charge on any atom is -0.347 e. The van der Waals surface area contributed by atoms with E-state index >= 15 is 0 Å². The van der Waals surface area contributed by atoms with Crippen LogP contribution in [0.3, 0.4) is 0 Å². The number of fused-ring (bicyclic) bond motifs is 1. The minimum atomic E-state index is -0.213. The quantitative estimate of drug-likeness (QED) is 0.473. The van der Waals surface area contributed by atoms with Crippen LogP contribution >= 0.6 is 11.8 Å². The second kappa shape index (κ2) is 7.48. The van der Waals surface area contributed by atoms with Gasteiger partial charge in [-0.2, -0.15) is 4.68 Å². The van der Waals surface area contributed by atoms with Crippen molar-refractivity contribution in [2.75, 3.05) is 17.7 Å². The number of carbonyl (C=O) groups excluding carboxylic acids is 1. The third-order valence-corrected chi connectivity index (χ3v) is 6.24. The molecule has 1 aliphatic heterocycles. The first-order valence-electron chi connectivity index (χ1n) is 9.44. The van der Waals surface area contributed by atoms with Crippen LogP contribution in [0.15, 0.2) is 65.5 Å². The SMILES string of the molecule is Cc1ccc(-n2nnnc2SCC(=O)/C=C2/N(C)c3ccccc3C2(C)C)cc1. The first-order chi connectivity index (χ1) is 13.9. The lowest BCUT2D eigenvalue weighted by Crippen LogP contribution is -2.24. The zero-order valence-corrected chi connectivity index (χ0v) is 17.8. The molecule has 3 aromatic rings. The van der Waals surface area contributed by atoms with E-state index in [1.54, 1.807) is 10.8 Å². The van der Waals surface area contributed by atoms with Gasteiger partial charge in [-0.1, -0.05) is 61.5 Å². The number of para-hydroxylation sites is 1. The maximum atomic E-state index is 12.8. The summed E-state index contributed by atoms with van der Waals surface area (Å²) in [6.07, 6.45) is 1.76. The van der Waals surface area contributed by atoms with Crippen LogP contribution in [0, 0.1) is 6.92 Å². The molecule has 6 nitrogen and oxygen atoms in total. The third kappa shape index (κ3) is 3.58. The van der Waals surface area contributed by atoms with Crippen LogP contribution in [0.1, 0.15) is 25.0 Å². The van der Waals surface area contributed by atoms with Gasteiger partial charge in [0.1, 0.15) is 0 Å². The van der Waals surface area contributed by atoms with Crippen molar-refractivity contribution in [2.24, 2.45) is 0 Å². The average molecular weight is 406 g/mol. The molecular weight excluding hydrogens is 382 g/mol. The van der Waals surface area contributed by atoms with Crippen molar-refractivity contribution in [1.29, 1.82) is 0 Å². The molecule has 0 atom stereocenters. The fourth-order valence-corrected chi connectivity index (χ4v) is 4.42. The van der Waals surface area contributed by atoms with Crippen LogP contribution < -0.4 is 4.90 Å². The molecule has 2 heterocycles. The molecule has 0 aliphatic carbocycles. The maximum Gasteiger partial charge on any atom is 0.214 e. The summed E-state index contributed by atoms with van der Waals surface area (Å²) in [4.78, 5) is 14.9. The lowest BCUT2D eigenvalue weighted by atomic mass is 9.83. The smallest absolute Gasteiger partial charge is 0.214 e. The van der Waals surface area contributed by atoms with Crippen LogP contribution in [-0.4, -0.2) is 38.8 Å². The highest BCUT2D eigenvalue weighted by molar-refractivity contribution is 7.99. The molecule has 1 aliphatic rings. The van der Waals surface area contributed by atoms with Crippen molar-refractivity contribution < 1.29 is 4.79 Å². The predicted octanol–water partition coefficient (Wildman–Crippen LogP) is 3.94. The number of rotatable bonds is 5. The number of aryl methyl sites for hydroxylation is 1. The van der Waals surface area contributed by atoms with E-state index in [1.807, 2.05) is 50.4 Å². The Bertz CT molecular complexity index is 1080. The molecule has 0 spiro atoms. The Kier molecular flexibility index (Phi) is 5.00. The fourth-order valence-electron chi connectivity index (χ4n) is 3.71. The van der Waals surface area contributed by atoms with Crippen LogP contribution in [-0.2, 0) is 10.2 Å². The van der Waals surface area contributed by atoms with Crippen molar-refractivity contribution in [1.82, 2.24) is 20.2 Å². The van der Waals surface area contributed by atoms with E-state index in [9.17, 15) is 4.79 Å². The summed E-state index contributed by atoms with van der Waals surface area (Å²) in [6.45, 7) is 6.34. The topological polar surface area (TPSA) is 63.9 Å². The van der Waals surface area contributed by atoms with Gasteiger partial charge in [-0.3, -0.25) is 4.79 Å². The van der Waals surface area contributed by atoms with Crippen LogP contribution in [0.25, 0.3) is 5.69 Å². The first-order valence-corrected chi connectivity index (χ1v) is 10.4. The molecule has 0 N–H and O–H groups in total. The van der Waals surface area contributed by atoms with Gasteiger partial charge in [-0.15, -0.1) is 5.10 Å². The number of hydrogen-bond donors (Lipinski definition) is 0. The molecule has 0 amide bonds. The van der Waals surface area contributed by atoms with Gasteiger partial charge in [-0.05, 0) is 41.1 Å². The molecule has 0 fully saturated rings. The van der Waals surface area contributed by atoms with E-state index in [0.717, 1.165) is 17.1 Å². The van der Waals surface area contributed by atoms with Gasteiger partial charge in [0.25, 0.3) is 0 Å². The number of tetrazole rings is 1. The van der Waals surface area contributed by atoms with Gasteiger partial charge in [0.2, 0.25) is 5.16 Å². The highest BCUT2D eigenvalue weighted by Crippen LogP contribution is 2.46. The molecule has 7 heteroatoms. The number of anilines is 1. The Labute approximate surface area is 174 Å². The molecule has 0 bridgehead atoms. The van der Waals surface area contributed by atoms with Crippen molar-refractivity contribution in [3.63, 3.8) is 0 Å². The highest BCUT2D eigenvalue weighted by Gasteiger charge is 2.38. The molecule has 4 rings (SSSR count). The van der Waals surface area contributed by atoms with Gasteiger partial charge < -0.3 is 4.90 Å². The van der Waals surface area contributed by atoms with E-state index in [0.29, 0.717) is 5.16 Å². The van der Waals surface area contributed by atoms with Crippen LogP contribution in [0.5, 0.6) is 0 Å². The largest absolute Gasteiger partial charge is 0.347 e. The predicted molar refractivity (Wildman–Crippen MR) is 116 cm³/mol. The van der Waals surface area contributed by atoms with Gasteiger partial charge in [0, 0.05) is 29.9 Å². The number of hydrogen-bond acceptors (Lipinski definition) is 6. The van der Waals surface area contributed by atoms with Crippen LogP contribution in [0.2, 0.25) is 0 Å². The average Bonchev–Trinajstić information content (AvgIpc) is 3.25. The summed E-state index contributed by atoms with van der Waals surface area (Å²) >= 11 is 1.34. The second-order valence-electron chi connectivity index (χ2n) is 7.69. The van der Waals surface area contributed by atoms with E-state index in [-0.39, 0.29) is 17.0 Å². The van der Waals surface area contributed by atoms with Crippen molar-refractivity contribution in [3.05, 3.63) is 71.4 Å². The number of likely N-dealkylation sites (N-methyl/N-ethyl adjacent to an activating group) is 1. The van der Waals surface area contributed by atoms with E-state index < -0.39 is 0 Å². The van der Waals surface area contributed by atoms with E-state index in [4.69, 9.17) is 0 Å².